The lowest BCUT2D eigenvalue weighted by Crippen LogP contribution is -2.00. The van der Waals surface area contributed by atoms with Crippen LogP contribution in [0.1, 0.15) is 0 Å². The van der Waals surface area contributed by atoms with E-state index in [0.717, 1.165) is 55.3 Å². The van der Waals surface area contributed by atoms with Gasteiger partial charge in [-0.1, -0.05) is 158 Å². The molecule has 0 saturated heterocycles. The fraction of sp³-hybridized carbons (Fsp3) is 0. The van der Waals surface area contributed by atoms with Gasteiger partial charge in [0, 0.05) is 27.5 Å². The van der Waals surface area contributed by atoms with Crippen molar-refractivity contribution in [3.63, 3.8) is 0 Å². The molecule has 4 nitrogen and oxygen atoms in total. The van der Waals surface area contributed by atoms with E-state index in [-0.39, 0.29) is 0 Å². The molecule has 2 heterocycles. The molecule has 248 valence electrons. The number of hydrogen-bond donors (Lipinski definition) is 0. The summed E-state index contributed by atoms with van der Waals surface area (Å²) in [5.74, 6) is 1.92. The number of nitrogens with zero attached hydrogens (tertiary/aromatic N) is 3. The largest absolute Gasteiger partial charge is 0.456 e. The Hall–Kier alpha value is -7.17. The first-order valence-corrected chi connectivity index (χ1v) is 17.8. The molecule has 0 aliphatic heterocycles. The van der Waals surface area contributed by atoms with Gasteiger partial charge in [0.1, 0.15) is 11.2 Å². The second-order valence-electron chi connectivity index (χ2n) is 13.3. The molecular formula is C49H31N3O. The molecule has 10 aromatic rings. The highest BCUT2D eigenvalue weighted by Gasteiger charge is 2.16. The minimum absolute atomic E-state index is 0.632. The van der Waals surface area contributed by atoms with Gasteiger partial charge in [-0.05, 0) is 74.5 Å². The quantitative estimate of drug-likeness (QED) is 0.176. The van der Waals surface area contributed by atoms with Crippen molar-refractivity contribution in [2.24, 2.45) is 0 Å². The third-order valence-electron chi connectivity index (χ3n) is 9.93. The van der Waals surface area contributed by atoms with Crippen molar-refractivity contribution < 1.29 is 4.42 Å². The summed E-state index contributed by atoms with van der Waals surface area (Å²) in [4.78, 5) is 14.7. The first kappa shape index (κ1) is 30.6. The summed E-state index contributed by atoms with van der Waals surface area (Å²) in [6.07, 6.45) is 0. The first-order chi connectivity index (χ1) is 26.2. The van der Waals surface area contributed by atoms with E-state index in [1.165, 1.54) is 27.5 Å². The monoisotopic (exact) mass is 677 g/mol. The lowest BCUT2D eigenvalue weighted by molar-refractivity contribution is 0.669. The van der Waals surface area contributed by atoms with Gasteiger partial charge in [-0.2, -0.15) is 0 Å². The third-order valence-corrected chi connectivity index (χ3v) is 9.93. The van der Waals surface area contributed by atoms with Crippen LogP contribution in [0.25, 0.3) is 100 Å². The molecule has 0 aliphatic rings. The molecule has 0 radical (unpaired) electrons. The molecule has 8 aromatic carbocycles. The van der Waals surface area contributed by atoms with Gasteiger partial charge in [-0.3, -0.25) is 0 Å². The minimum Gasteiger partial charge on any atom is -0.456 e. The summed E-state index contributed by atoms with van der Waals surface area (Å²) < 4.78 is 6.42. The van der Waals surface area contributed by atoms with Crippen molar-refractivity contribution in [3.8, 4) is 67.5 Å². The predicted molar refractivity (Wildman–Crippen MR) is 217 cm³/mol. The summed E-state index contributed by atoms with van der Waals surface area (Å²) in [5, 5.41) is 4.63. The Morgan fingerprint density at radius 2 is 0.774 bits per heavy atom. The Bertz CT molecular complexity index is 2860. The second kappa shape index (κ2) is 12.9. The van der Waals surface area contributed by atoms with Gasteiger partial charge >= 0.3 is 0 Å². The molecule has 0 unspecified atom stereocenters. The standard InChI is InChI=1S/C49H31N3O/c1-4-11-32(12-5-1)38-25-19-33-20-26-39(30-41(33)29-38)40-27-28-44-43(31-40)46-42(17-10-18-45(46)53-44)34-21-23-37(24-22-34)49-51-47(35-13-6-2-7-14-35)50-48(52-49)36-15-8-3-9-16-36/h1-31H. The van der Waals surface area contributed by atoms with Crippen molar-refractivity contribution in [3.05, 3.63) is 188 Å². The van der Waals surface area contributed by atoms with Crippen LogP contribution in [0.3, 0.4) is 0 Å². The van der Waals surface area contributed by atoms with Crippen LogP contribution in [0, 0.1) is 0 Å². The van der Waals surface area contributed by atoms with Crippen molar-refractivity contribution in [2.45, 2.75) is 0 Å². The van der Waals surface area contributed by atoms with Crippen LogP contribution in [0.5, 0.6) is 0 Å². The number of aromatic nitrogens is 3. The van der Waals surface area contributed by atoms with Crippen LogP contribution in [-0.2, 0) is 0 Å². The van der Waals surface area contributed by atoms with E-state index < -0.39 is 0 Å². The summed E-state index contributed by atoms with van der Waals surface area (Å²) >= 11 is 0. The molecule has 0 atom stereocenters. The van der Waals surface area contributed by atoms with E-state index >= 15 is 0 Å². The Balaban J connectivity index is 1.04. The van der Waals surface area contributed by atoms with Gasteiger partial charge in [-0.15, -0.1) is 0 Å². The zero-order chi connectivity index (χ0) is 35.1. The highest BCUT2D eigenvalue weighted by Crippen LogP contribution is 2.39. The van der Waals surface area contributed by atoms with Gasteiger partial charge in [0.05, 0.1) is 0 Å². The Labute approximate surface area is 306 Å². The van der Waals surface area contributed by atoms with Crippen LogP contribution >= 0.6 is 0 Å². The van der Waals surface area contributed by atoms with E-state index in [9.17, 15) is 0 Å². The third kappa shape index (κ3) is 5.73. The molecule has 0 spiro atoms. The molecule has 0 N–H and O–H groups in total. The molecule has 10 rings (SSSR count). The summed E-state index contributed by atoms with van der Waals surface area (Å²) in [6, 6.07) is 65.3. The van der Waals surface area contributed by atoms with E-state index in [2.05, 4.69) is 127 Å². The first-order valence-electron chi connectivity index (χ1n) is 17.8. The number of benzene rings is 8. The highest BCUT2D eigenvalue weighted by atomic mass is 16.3. The molecular weight excluding hydrogens is 647 g/mol. The second-order valence-corrected chi connectivity index (χ2v) is 13.3. The number of rotatable bonds is 6. The zero-order valence-corrected chi connectivity index (χ0v) is 28.6. The zero-order valence-electron chi connectivity index (χ0n) is 28.6. The topological polar surface area (TPSA) is 51.8 Å². The van der Waals surface area contributed by atoms with Crippen LogP contribution < -0.4 is 0 Å². The van der Waals surface area contributed by atoms with E-state index in [0.29, 0.717) is 17.5 Å². The van der Waals surface area contributed by atoms with Crippen molar-refractivity contribution in [2.75, 3.05) is 0 Å². The lowest BCUT2D eigenvalue weighted by Gasteiger charge is -2.10. The summed E-state index contributed by atoms with van der Waals surface area (Å²) in [5.41, 5.74) is 11.5. The molecule has 0 saturated carbocycles. The van der Waals surface area contributed by atoms with Crippen molar-refractivity contribution in [1.82, 2.24) is 15.0 Å². The minimum atomic E-state index is 0.632. The Morgan fingerprint density at radius 3 is 1.38 bits per heavy atom. The molecule has 0 amide bonds. The van der Waals surface area contributed by atoms with Crippen molar-refractivity contribution >= 4 is 32.7 Å². The number of hydrogen-bond acceptors (Lipinski definition) is 4. The van der Waals surface area contributed by atoms with Crippen LogP contribution in [-0.4, -0.2) is 15.0 Å². The smallest absolute Gasteiger partial charge is 0.164 e. The maximum absolute atomic E-state index is 6.42. The molecule has 0 bridgehead atoms. The van der Waals surface area contributed by atoms with Gasteiger partial charge in [-0.25, -0.2) is 15.0 Å². The molecule has 4 heteroatoms. The summed E-state index contributed by atoms with van der Waals surface area (Å²) in [7, 11) is 0. The highest BCUT2D eigenvalue weighted by molar-refractivity contribution is 6.13. The van der Waals surface area contributed by atoms with Crippen LogP contribution in [0.2, 0.25) is 0 Å². The molecule has 2 aromatic heterocycles. The fourth-order valence-corrected chi connectivity index (χ4v) is 7.22. The van der Waals surface area contributed by atoms with Gasteiger partial charge in [0.25, 0.3) is 0 Å². The average Bonchev–Trinajstić information content (AvgIpc) is 3.62. The van der Waals surface area contributed by atoms with Gasteiger partial charge in [0.15, 0.2) is 17.5 Å². The molecule has 0 aliphatic carbocycles. The Morgan fingerprint density at radius 1 is 0.302 bits per heavy atom. The molecule has 0 fully saturated rings. The Kier molecular flexibility index (Phi) is 7.43. The van der Waals surface area contributed by atoms with E-state index in [1.807, 2.05) is 60.7 Å². The predicted octanol–water partition coefficient (Wildman–Crippen LogP) is 12.9. The van der Waals surface area contributed by atoms with Gasteiger partial charge in [0.2, 0.25) is 0 Å². The summed E-state index contributed by atoms with van der Waals surface area (Å²) in [6.45, 7) is 0. The maximum atomic E-state index is 6.42. The number of furan rings is 1. The number of fused-ring (bicyclic) bond motifs is 4. The van der Waals surface area contributed by atoms with Crippen LogP contribution in [0.4, 0.5) is 0 Å². The lowest BCUT2D eigenvalue weighted by atomic mass is 9.95. The SMILES string of the molecule is c1ccc(-c2ccc3ccc(-c4ccc5oc6cccc(-c7ccc(-c8nc(-c9ccccc9)nc(-c9ccccc9)n8)cc7)c6c5c4)cc3c2)cc1. The fourth-order valence-electron chi connectivity index (χ4n) is 7.22. The van der Waals surface area contributed by atoms with Crippen molar-refractivity contribution in [1.29, 1.82) is 0 Å². The maximum Gasteiger partial charge on any atom is 0.164 e. The van der Waals surface area contributed by atoms with E-state index in [1.54, 1.807) is 0 Å². The van der Waals surface area contributed by atoms with Gasteiger partial charge < -0.3 is 4.42 Å². The normalized spacial score (nSPS) is 11.4. The average molecular weight is 678 g/mol. The molecule has 53 heavy (non-hydrogen) atoms. The van der Waals surface area contributed by atoms with E-state index in [4.69, 9.17) is 19.4 Å². The van der Waals surface area contributed by atoms with Crippen LogP contribution in [0.15, 0.2) is 192 Å².